The van der Waals surface area contributed by atoms with Crippen LogP contribution in [0.15, 0.2) is 30.6 Å². The molecule has 2 aromatic rings. The Hall–Kier alpha value is -1.68. The lowest BCUT2D eigenvalue weighted by Crippen LogP contribution is -2.25. The number of rotatable bonds is 7. The predicted molar refractivity (Wildman–Crippen MR) is 84.3 cm³/mol. The van der Waals surface area contributed by atoms with E-state index in [1.54, 1.807) is 6.33 Å². The molecule has 0 bridgehead atoms. The van der Waals surface area contributed by atoms with Gasteiger partial charge in [0, 0.05) is 31.5 Å². The Morgan fingerprint density at radius 3 is 2.95 bits per heavy atom. The fourth-order valence-electron chi connectivity index (χ4n) is 2.76. The summed E-state index contributed by atoms with van der Waals surface area (Å²) in [6, 6.07) is 9.58. The van der Waals surface area contributed by atoms with Gasteiger partial charge in [0.2, 0.25) is 0 Å². The fourth-order valence-corrected chi connectivity index (χ4v) is 2.76. The largest absolute Gasteiger partial charge is 0.313 e. The molecule has 1 saturated carbocycles. The number of nitrogens with one attached hydrogen (secondary N) is 1. The van der Waals surface area contributed by atoms with E-state index in [1.165, 1.54) is 24.0 Å². The minimum Gasteiger partial charge on any atom is -0.313 e. The lowest BCUT2D eigenvalue weighted by atomic mass is 9.94. The van der Waals surface area contributed by atoms with E-state index in [2.05, 4.69) is 53.5 Å². The Morgan fingerprint density at radius 1 is 1.38 bits per heavy atom. The smallest absolute Gasteiger partial charge is 0.138 e. The number of nitrogens with zero attached hydrogens (tertiary/aromatic N) is 3. The van der Waals surface area contributed by atoms with Crippen molar-refractivity contribution >= 4 is 0 Å². The Labute approximate surface area is 126 Å². The molecule has 0 amide bonds. The quantitative estimate of drug-likeness (QED) is 0.850. The van der Waals surface area contributed by atoms with Crippen LogP contribution in [-0.2, 0) is 13.0 Å². The van der Waals surface area contributed by atoms with Gasteiger partial charge in [-0.15, -0.1) is 0 Å². The summed E-state index contributed by atoms with van der Waals surface area (Å²) < 4.78 is 2.00. The standard InChI is InChI=1S/C17H24N4/c1-3-21-17(19-12-20-21)10-15(11-18-16-7-8-16)14-6-4-5-13(2)9-14/h4-6,9,12,15-16,18H,3,7-8,10-11H2,1-2H3. The first-order valence-corrected chi connectivity index (χ1v) is 7.93. The molecule has 21 heavy (non-hydrogen) atoms. The van der Waals surface area contributed by atoms with Gasteiger partial charge in [0.05, 0.1) is 0 Å². The first-order valence-electron chi connectivity index (χ1n) is 7.93. The average Bonchev–Trinajstić information content (AvgIpc) is 3.21. The molecule has 0 saturated heterocycles. The second-order valence-corrected chi connectivity index (χ2v) is 5.99. The van der Waals surface area contributed by atoms with Crippen LogP contribution in [0.3, 0.4) is 0 Å². The highest BCUT2D eigenvalue weighted by molar-refractivity contribution is 5.26. The minimum atomic E-state index is 0.458. The third-order valence-electron chi connectivity index (χ3n) is 4.17. The van der Waals surface area contributed by atoms with Crippen LogP contribution >= 0.6 is 0 Å². The number of benzene rings is 1. The molecule has 0 spiro atoms. The van der Waals surface area contributed by atoms with E-state index in [9.17, 15) is 0 Å². The lowest BCUT2D eigenvalue weighted by molar-refractivity contribution is 0.535. The molecule has 112 valence electrons. The fraction of sp³-hybridized carbons (Fsp3) is 0.529. The van der Waals surface area contributed by atoms with Crippen LogP contribution in [0.4, 0.5) is 0 Å². The molecule has 0 radical (unpaired) electrons. The Morgan fingerprint density at radius 2 is 2.24 bits per heavy atom. The van der Waals surface area contributed by atoms with Crippen molar-refractivity contribution in [2.75, 3.05) is 6.54 Å². The van der Waals surface area contributed by atoms with Gasteiger partial charge in [0.15, 0.2) is 0 Å². The molecule has 3 rings (SSSR count). The molecular formula is C17H24N4. The molecule has 1 aromatic carbocycles. The number of hydrogen-bond acceptors (Lipinski definition) is 3. The highest BCUT2D eigenvalue weighted by Gasteiger charge is 2.23. The second-order valence-electron chi connectivity index (χ2n) is 5.99. The molecule has 1 atom stereocenters. The van der Waals surface area contributed by atoms with Crippen molar-refractivity contribution in [3.63, 3.8) is 0 Å². The van der Waals surface area contributed by atoms with Crippen LogP contribution in [0.5, 0.6) is 0 Å². The molecule has 1 unspecified atom stereocenters. The molecule has 4 heteroatoms. The van der Waals surface area contributed by atoms with E-state index in [0.29, 0.717) is 5.92 Å². The molecule has 1 fully saturated rings. The van der Waals surface area contributed by atoms with Crippen LogP contribution < -0.4 is 5.32 Å². The first-order chi connectivity index (χ1) is 10.3. The topological polar surface area (TPSA) is 42.7 Å². The van der Waals surface area contributed by atoms with Crippen LogP contribution in [0, 0.1) is 6.92 Å². The van der Waals surface area contributed by atoms with Gasteiger partial charge in [-0.2, -0.15) is 5.10 Å². The molecule has 0 aliphatic heterocycles. The van der Waals surface area contributed by atoms with E-state index >= 15 is 0 Å². The van der Waals surface area contributed by atoms with Gasteiger partial charge in [-0.3, -0.25) is 4.68 Å². The summed E-state index contributed by atoms with van der Waals surface area (Å²) in [5.74, 6) is 1.54. The number of aromatic nitrogens is 3. The van der Waals surface area contributed by atoms with Gasteiger partial charge >= 0.3 is 0 Å². The van der Waals surface area contributed by atoms with E-state index < -0.39 is 0 Å². The molecule has 1 N–H and O–H groups in total. The van der Waals surface area contributed by atoms with Gasteiger partial charge < -0.3 is 5.32 Å². The molecule has 1 aromatic heterocycles. The highest BCUT2D eigenvalue weighted by Crippen LogP contribution is 2.24. The molecule has 1 aliphatic rings. The maximum atomic E-state index is 4.44. The monoisotopic (exact) mass is 284 g/mol. The SMILES string of the molecule is CCn1ncnc1CC(CNC1CC1)c1cccc(C)c1. The van der Waals surface area contributed by atoms with Crippen molar-refractivity contribution in [2.45, 2.75) is 51.6 Å². The summed E-state index contributed by atoms with van der Waals surface area (Å²) in [6.45, 7) is 6.17. The summed E-state index contributed by atoms with van der Waals surface area (Å²) in [4.78, 5) is 4.44. The molecule has 1 heterocycles. The van der Waals surface area contributed by atoms with Crippen molar-refractivity contribution in [1.82, 2.24) is 20.1 Å². The summed E-state index contributed by atoms with van der Waals surface area (Å²) in [5, 5.41) is 7.96. The summed E-state index contributed by atoms with van der Waals surface area (Å²) in [5.41, 5.74) is 2.72. The van der Waals surface area contributed by atoms with E-state index in [1.807, 2.05) is 4.68 Å². The van der Waals surface area contributed by atoms with Gasteiger partial charge in [-0.1, -0.05) is 29.8 Å². The zero-order valence-electron chi connectivity index (χ0n) is 12.9. The van der Waals surface area contributed by atoms with Gasteiger partial charge in [0.25, 0.3) is 0 Å². The van der Waals surface area contributed by atoms with Crippen LogP contribution in [0.2, 0.25) is 0 Å². The van der Waals surface area contributed by atoms with Crippen LogP contribution in [0.25, 0.3) is 0 Å². The second kappa shape index (κ2) is 6.39. The maximum absolute atomic E-state index is 4.44. The number of aryl methyl sites for hydroxylation is 2. The highest BCUT2D eigenvalue weighted by atomic mass is 15.3. The summed E-state index contributed by atoms with van der Waals surface area (Å²) in [7, 11) is 0. The average molecular weight is 284 g/mol. The maximum Gasteiger partial charge on any atom is 0.138 e. The van der Waals surface area contributed by atoms with Crippen molar-refractivity contribution in [3.8, 4) is 0 Å². The minimum absolute atomic E-state index is 0.458. The van der Waals surface area contributed by atoms with Crippen molar-refractivity contribution in [3.05, 3.63) is 47.5 Å². The van der Waals surface area contributed by atoms with Crippen LogP contribution in [0.1, 0.15) is 42.6 Å². The Balaban J connectivity index is 1.77. The molecule has 4 nitrogen and oxygen atoms in total. The lowest BCUT2D eigenvalue weighted by Gasteiger charge is -2.18. The van der Waals surface area contributed by atoms with E-state index in [0.717, 1.165) is 31.4 Å². The van der Waals surface area contributed by atoms with E-state index in [-0.39, 0.29) is 0 Å². The van der Waals surface area contributed by atoms with Crippen LogP contribution in [-0.4, -0.2) is 27.4 Å². The zero-order chi connectivity index (χ0) is 14.7. The molecule has 1 aliphatic carbocycles. The Kier molecular flexibility index (Phi) is 4.34. The first kappa shape index (κ1) is 14.3. The van der Waals surface area contributed by atoms with Crippen molar-refractivity contribution in [1.29, 1.82) is 0 Å². The van der Waals surface area contributed by atoms with Gasteiger partial charge in [-0.25, -0.2) is 4.98 Å². The van der Waals surface area contributed by atoms with Gasteiger partial charge in [0.1, 0.15) is 12.2 Å². The summed E-state index contributed by atoms with van der Waals surface area (Å²) >= 11 is 0. The normalized spacial score (nSPS) is 16.1. The summed E-state index contributed by atoms with van der Waals surface area (Å²) in [6.07, 6.45) is 5.26. The van der Waals surface area contributed by atoms with Crippen molar-refractivity contribution in [2.24, 2.45) is 0 Å². The molecular weight excluding hydrogens is 260 g/mol. The van der Waals surface area contributed by atoms with Crippen molar-refractivity contribution < 1.29 is 0 Å². The number of hydrogen-bond donors (Lipinski definition) is 1. The predicted octanol–water partition coefficient (Wildman–Crippen LogP) is 2.68. The Bertz CT molecular complexity index is 586. The zero-order valence-corrected chi connectivity index (χ0v) is 12.9. The van der Waals surface area contributed by atoms with Gasteiger partial charge in [-0.05, 0) is 32.3 Å². The third kappa shape index (κ3) is 3.70. The third-order valence-corrected chi connectivity index (χ3v) is 4.17. The van der Waals surface area contributed by atoms with E-state index in [4.69, 9.17) is 0 Å².